The van der Waals surface area contributed by atoms with Gasteiger partial charge in [0.2, 0.25) is 5.91 Å². The molecule has 4 atom stereocenters. The van der Waals surface area contributed by atoms with Gasteiger partial charge in [0, 0.05) is 62.3 Å². The lowest BCUT2D eigenvalue weighted by molar-refractivity contribution is -0.133. The summed E-state index contributed by atoms with van der Waals surface area (Å²) in [7, 11) is 1.83. The maximum Gasteiger partial charge on any atom is 0.407 e. The van der Waals surface area contributed by atoms with Crippen molar-refractivity contribution in [2.24, 2.45) is 11.8 Å². The number of amides is 4. The number of ether oxygens (including phenoxy) is 1. The molecule has 3 heterocycles. The predicted octanol–water partition coefficient (Wildman–Crippen LogP) is 6.12. The first kappa shape index (κ1) is 36.1. The van der Waals surface area contributed by atoms with Gasteiger partial charge in [0.15, 0.2) is 0 Å². The molecule has 1 aliphatic heterocycles. The standard InChI is InChI=1S/C39H53N7O5/c1-25(30-23-40-31-14-7-6-13-29(30)31)34(35(47)44(5)24-27-12-10-11-26(21-27)22-41-38(50)51-39(2,3)4)43-36(48)45-19-17-28(18-20-45)46-33-16-9-8-15-32(33)42-37(46)49/h6-9,13-16,23,25-28,34,40H,10-12,17-22,24H2,1-5H3,(H,41,50)(H,42,49)(H,43,48)/t25-,26+,27-,34+/m1/s1. The van der Waals surface area contributed by atoms with Gasteiger partial charge in [0.05, 0.1) is 11.0 Å². The van der Waals surface area contributed by atoms with Crippen molar-refractivity contribution < 1.29 is 19.1 Å². The Morgan fingerprint density at radius 1 is 0.980 bits per heavy atom. The molecular formula is C39H53N7O5. The van der Waals surface area contributed by atoms with Gasteiger partial charge in [-0.3, -0.25) is 9.36 Å². The van der Waals surface area contributed by atoms with Crippen LogP contribution in [0.5, 0.6) is 0 Å². The number of alkyl carbamates (subject to hydrolysis) is 1. The molecular weight excluding hydrogens is 646 g/mol. The summed E-state index contributed by atoms with van der Waals surface area (Å²) in [5, 5.41) is 7.11. The van der Waals surface area contributed by atoms with E-state index in [0.717, 1.165) is 53.2 Å². The van der Waals surface area contributed by atoms with Gasteiger partial charge in [-0.05, 0) is 88.5 Å². The van der Waals surface area contributed by atoms with Crippen molar-refractivity contribution in [2.45, 2.75) is 89.8 Å². The van der Waals surface area contributed by atoms with Crippen LogP contribution in [0.2, 0.25) is 0 Å². The fourth-order valence-electron chi connectivity index (χ4n) is 8.05. The van der Waals surface area contributed by atoms with E-state index in [9.17, 15) is 19.2 Å². The van der Waals surface area contributed by atoms with Gasteiger partial charge in [-0.15, -0.1) is 0 Å². The Bertz CT molecular complexity index is 1900. The molecule has 12 heteroatoms. The van der Waals surface area contributed by atoms with E-state index in [1.807, 2.05) is 94.0 Å². The number of hydrogen-bond donors (Lipinski definition) is 4. The molecule has 6 rings (SSSR count). The Morgan fingerprint density at radius 3 is 2.41 bits per heavy atom. The SMILES string of the molecule is C[C@H](c1c[nH]c2ccccc12)[C@H](NC(=O)N1CCC(n2c(=O)[nH]c3ccccc32)CC1)C(=O)N(C)C[C@@H]1CCC[C@H](CNC(=O)OC(C)(C)C)C1. The monoisotopic (exact) mass is 699 g/mol. The van der Waals surface area contributed by atoms with Crippen LogP contribution in [-0.4, -0.2) is 87.2 Å². The van der Waals surface area contributed by atoms with Crippen molar-refractivity contribution in [3.8, 4) is 0 Å². The molecule has 2 aliphatic rings. The molecule has 4 N–H and O–H groups in total. The first-order valence-corrected chi connectivity index (χ1v) is 18.4. The Hall–Kier alpha value is -4.74. The topological polar surface area (TPSA) is 145 Å². The molecule has 4 aromatic rings. The van der Waals surface area contributed by atoms with E-state index in [4.69, 9.17) is 4.74 Å². The number of urea groups is 1. The third-order valence-corrected chi connectivity index (χ3v) is 10.6. The fourth-order valence-corrected chi connectivity index (χ4v) is 8.05. The summed E-state index contributed by atoms with van der Waals surface area (Å²) in [4.78, 5) is 63.2. The number of aromatic amines is 2. The van der Waals surface area contributed by atoms with Crippen LogP contribution in [0.15, 0.2) is 59.5 Å². The summed E-state index contributed by atoms with van der Waals surface area (Å²) in [6.07, 6.45) is 6.76. The molecule has 274 valence electrons. The van der Waals surface area contributed by atoms with E-state index in [1.54, 1.807) is 9.80 Å². The van der Waals surface area contributed by atoms with Crippen LogP contribution in [0.4, 0.5) is 9.59 Å². The summed E-state index contributed by atoms with van der Waals surface area (Å²) in [6.45, 7) is 9.61. The first-order chi connectivity index (χ1) is 24.4. The molecule has 2 aromatic carbocycles. The van der Waals surface area contributed by atoms with Crippen LogP contribution in [0.3, 0.4) is 0 Å². The van der Waals surface area contributed by atoms with E-state index < -0.39 is 17.7 Å². The van der Waals surface area contributed by atoms with Crippen molar-refractivity contribution in [3.63, 3.8) is 0 Å². The van der Waals surface area contributed by atoms with Gasteiger partial charge in [-0.25, -0.2) is 14.4 Å². The number of likely N-dealkylation sites (N-methyl/N-ethyl adjacent to an activating group) is 1. The third kappa shape index (κ3) is 8.43. The fraction of sp³-hybridized carbons (Fsp3) is 0.538. The van der Waals surface area contributed by atoms with Crippen molar-refractivity contribution >= 4 is 40.0 Å². The quantitative estimate of drug-likeness (QED) is 0.167. The van der Waals surface area contributed by atoms with Crippen LogP contribution in [-0.2, 0) is 9.53 Å². The van der Waals surface area contributed by atoms with Gasteiger partial charge >= 0.3 is 17.8 Å². The molecule has 1 saturated heterocycles. The summed E-state index contributed by atoms with van der Waals surface area (Å²) in [6, 6.07) is 14.6. The van der Waals surface area contributed by atoms with Crippen LogP contribution >= 0.6 is 0 Å². The lowest BCUT2D eigenvalue weighted by Crippen LogP contribution is -2.55. The Balaban J connectivity index is 1.12. The number of aromatic nitrogens is 3. The molecule has 2 aromatic heterocycles. The van der Waals surface area contributed by atoms with E-state index in [0.29, 0.717) is 44.9 Å². The van der Waals surface area contributed by atoms with Crippen LogP contribution in [0, 0.1) is 11.8 Å². The van der Waals surface area contributed by atoms with Gasteiger partial charge in [-0.1, -0.05) is 43.7 Å². The molecule has 51 heavy (non-hydrogen) atoms. The average molecular weight is 700 g/mol. The Morgan fingerprint density at radius 2 is 1.67 bits per heavy atom. The molecule has 1 saturated carbocycles. The molecule has 4 amide bonds. The van der Waals surface area contributed by atoms with E-state index in [1.165, 1.54) is 0 Å². The smallest absolute Gasteiger partial charge is 0.407 e. The van der Waals surface area contributed by atoms with Gasteiger partial charge in [0.25, 0.3) is 0 Å². The second kappa shape index (κ2) is 15.2. The highest BCUT2D eigenvalue weighted by atomic mass is 16.6. The van der Waals surface area contributed by atoms with E-state index in [-0.39, 0.29) is 35.5 Å². The highest BCUT2D eigenvalue weighted by molar-refractivity contribution is 5.90. The van der Waals surface area contributed by atoms with Crippen LogP contribution < -0.4 is 16.3 Å². The zero-order valence-corrected chi connectivity index (χ0v) is 30.5. The molecule has 0 bridgehead atoms. The average Bonchev–Trinajstić information content (AvgIpc) is 3.69. The second-order valence-electron chi connectivity index (χ2n) is 15.5. The number of carbonyl (C=O) groups excluding carboxylic acids is 3. The van der Waals surface area contributed by atoms with Gasteiger partial charge in [-0.2, -0.15) is 0 Å². The number of fused-ring (bicyclic) bond motifs is 2. The van der Waals surface area contributed by atoms with E-state index in [2.05, 4.69) is 20.6 Å². The first-order valence-electron chi connectivity index (χ1n) is 18.4. The predicted molar refractivity (Wildman–Crippen MR) is 199 cm³/mol. The highest BCUT2D eigenvalue weighted by Crippen LogP contribution is 2.32. The van der Waals surface area contributed by atoms with Crippen LogP contribution in [0.25, 0.3) is 21.9 Å². The Kier molecular flexibility index (Phi) is 10.8. The number of rotatable bonds is 9. The van der Waals surface area contributed by atoms with Gasteiger partial charge < -0.3 is 35.1 Å². The molecule has 0 radical (unpaired) electrons. The zero-order chi connectivity index (χ0) is 36.3. The van der Waals surface area contributed by atoms with Crippen molar-refractivity contribution in [1.29, 1.82) is 0 Å². The lowest BCUT2D eigenvalue weighted by atomic mass is 9.81. The van der Waals surface area contributed by atoms with E-state index >= 15 is 0 Å². The van der Waals surface area contributed by atoms with Crippen molar-refractivity contribution in [1.82, 2.24) is 35.0 Å². The number of benzene rings is 2. The van der Waals surface area contributed by atoms with Crippen molar-refractivity contribution in [2.75, 3.05) is 33.2 Å². The molecule has 1 aliphatic carbocycles. The highest BCUT2D eigenvalue weighted by Gasteiger charge is 2.35. The number of carbonyl (C=O) groups is 3. The number of nitrogens with zero attached hydrogens (tertiary/aromatic N) is 3. The number of nitrogens with one attached hydrogen (secondary N) is 4. The summed E-state index contributed by atoms with van der Waals surface area (Å²) in [5.41, 5.74) is 2.95. The number of para-hydroxylation sites is 3. The van der Waals surface area contributed by atoms with Crippen LogP contribution in [0.1, 0.15) is 83.7 Å². The summed E-state index contributed by atoms with van der Waals surface area (Å²) >= 11 is 0. The molecule has 0 unspecified atom stereocenters. The molecule has 0 spiro atoms. The summed E-state index contributed by atoms with van der Waals surface area (Å²) in [5.74, 6) is 0.156. The minimum absolute atomic E-state index is 0.0231. The Labute approximate surface area is 299 Å². The maximum atomic E-state index is 14.4. The molecule has 12 nitrogen and oxygen atoms in total. The number of H-pyrrole nitrogens is 2. The van der Waals surface area contributed by atoms with Crippen molar-refractivity contribution in [3.05, 3.63) is 70.8 Å². The number of imidazole rings is 1. The maximum absolute atomic E-state index is 14.4. The zero-order valence-electron chi connectivity index (χ0n) is 30.5. The van der Waals surface area contributed by atoms with Gasteiger partial charge in [0.1, 0.15) is 11.6 Å². The largest absolute Gasteiger partial charge is 0.444 e. The minimum atomic E-state index is -0.788. The normalized spacial score (nSPS) is 19.8. The summed E-state index contributed by atoms with van der Waals surface area (Å²) < 4.78 is 7.23. The number of hydrogen-bond acceptors (Lipinski definition) is 5. The second-order valence-corrected chi connectivity index (χ2v) is 15.5. The minimum Gasteiger partial charge on any atom is -0.444 e. The number of likely N-dealkylation sites (tertiary alicyclic amines) is 1. The lowest BCUT2D eigenvalue weighted by Gasteiger charge is -2.36. The number of piperidine rings is 1. The molecule has 2 fully saturated rings. The third-order valence-electron chi connectivity index (χ3n) is 10.6.